The topological polar surface area (TPSA) is 94.3 Å². The summed E-state index contributed by atoms with van der Waals surface area (Å²) >= 11 is 0. The summed E-state index contributed by atoms with van der Waals surface area (Å²) in [5, 5.41) is 3.83. The third-order valence-corrected chi connectivity index (χ3v) is 5.03. The zero-order valence-corrected chi connectivity index (χ0v) is 14.9. The van der Waals surface area contributed by atoms with Gasteiger partial charge in [0.25, 0.3) is 0 Å². The molecule has 0 saturated heterocycles. The van der Waals surface area contributed by atoms with Gasteiger partial charge in [-0.25, -0.2) is 17.5 Å². The molecule has 0 radical (unpaired) electrons. The van der Waals surface area contributed by atoms with Crippen LogP contribution in [0.5, 0.6) is 5.75 Å². The fourth-order valence-electron chi connectivity index (χ4n) is 2.24. The van der Waals surface area contributed by atoms with Crippen LogP contribution < -0.4 is 9.46 Å². The quantitative estimate of drug-likeness (QED) is 0.710. The van der Waals surface area contributed by atoms with Crippen LogP contribution in [0.2, 0.25) is 0 Å². The standard InChI is InChI=1S/C17H16FN3O4S/c1-11-3-5-12(6-4-11)17-20-16(25-21-17)10-19-26(22,23)15-9-13(18)7-8-14(15)24-2/h3-9,19H,10H2,1-2H3. The summed E-state index contributed by atoms with van der Waals surface area (Å²) in [5.74, 6) is -0.225. The summed E-state index contributed by atoms with van der Waals surface area (Å²) in [5.41, 5.74) is 1.84. The minimum atomic E-state index is -4.03. The average Bonchev–Trinajstić information content (AvgIpc) is 3.10. The van der Waals surface area contributed by atoms with Gasteiger partial charge >= 0.3 is 0 Å². The van der Waals surface area contributed by atoms with Crippen LogP contribution in [0.3, 0.4) is 0 Å². The minimum Gasteiger partial charge on any atom is -0.495 e. The van der Waals surface area contributed by atoms with Crippen molar-refractivity contribution in [1.29, 1.82) is 0 Å². The maximum absolute atomic E-state index is 13.4. The van der Waals surface area contributed by atoms with Crippen LogP contribution in [0, 0.1) is 12.7 Å². The molecule has 0 bridgehead atoms. The van der Waals surface area contributed by atoms with Crippen LogP contribution in [0.15, 0.2) is 51.9 Å². The number of rotatable bonds is 6. The van der Waals surface area contributed by atoms with Crippen molar-refractivity contribution in [2.45, 2.75) is 18.4 Å². The molecule has 1 N–H and O–H groups in total. The van der Waals surface area contributed by atoms with Crippen molar-refractivity contribution in [2.75, 3.05) is 7.11 Å². The van der Waals surface area contributed by atoms with Gasteiger partial charge in [-0.05, 0) is 25.1 Å². The molecular formula is C17H16FN3O4S. The lowest BCUT2D eigenvalue weighted by Crippen LogP contribution is -2.24. The first-order chi connectivity index (χ1) is 12.4. The van der Waals surface area contributed by atoms with Crippen LogP contribution in [-0.4, -0.2) is 25.7 Å². The molecule has 26 heavy (non-hydrogen) atoms. The Morgan fingerprint density at radius 1 is 1.19 bits per heavy atom. The Morgan fingerprint density at radius 2 is 1.92 bits per heavy atom. The van der Waals surface area contributed by atoms with E-state index in [1.165, 1.54) is 13.2 Å². The highest BCUT2D eigenvalue weighted by molar-refractivity contribution is 7.89. The predicted molar refractivity (Wildman–Crippen MR) is 91.4 cm³/mol. The predicted octanol–water partition coefficient (Wildman–Crippen LogP) is 2.67. The van der Waals surface area contributed by atoms with Crippen molar-refractivity contribution in [3.63, 3.8) is 0 Å². The lowest BCUT2D eigenvalue weighted by Gasteiger charge is -2.09. The molecule has 9 heteroatoms. The van der Waals surface area contributed by atoms with Gasteiger partial charge in [0, 0.05) is 5.56 Å². The second-order valence-corrected chi connectivity index (χ2v) is 7.23. The number of nitrogens with one attached hydrogen (secondary N) is 1. The zero-order chi connectivity index (χ0) is 18.7. The minimum absolute atomic E-state index is 0.0322. The van der Waals surface area contributed by atoms with Crippen molar-refractivity contribution < 1.29 is 22.1 Å². The molecule has 2 aromatic carbocycles. The molecule has 0 atom stereocenters. The molecule has 0 spiro atoms. The second-order valence-electron chi connectivity index (χ2n) is 5.50. The van der Waals surface area contributed by atoms with Crippen LogP contribution >= 0.6 is 0 Å². The monoisotopic (exact) mass is 377 g/mol. The van der Waals surface area contributed by atoms with Crippen LogP contribution in [0.25, 0.3) is 11.4 Å². The van der Waals surface area contributed by atoms with E-state index in [1.807, 2.05) is 31.2 Å². The van der Waals surface area contributed by atoms with E-state index in [4.69, 9.17) is 9.26 Å². The van der Waals surface area contributed by atoms with Crippen molar-refractivity contribution in [3.05, 3.63) is 59.7 Å². The Kier molecular flexibility index (Phi) is 5.01. The van der Waals surface area contributed by atoms with Gasteiger partial charge in [-0.2, -0.15) is 4.98 Å². The van der Waals surface area contributed by atoms with E-state index in [1.54, 1.807) is 0 Å². The maximum Gasteiger partial charge on any atom is 0.244 e. The summed E-state index contributed by atoms with van der Waals surface area (Å²) in [4.78, 5) is 3.85. The average molecular weight is 377 g/mol. The van der Waals surface area contributed by atoms with E-state index in [0.29, 0.717) is 5.82 Å². The van der Waals surface area contributed by atoms with Crippen molar-refractivity contribution in [2.24, 2.45) is 0 Å². The third kappa shape index (κ3) is 3.89. The lowest BCUT2D eigenvalue weighted by molar-refractivity contribution is 0.375. The smallest absolute Gasteiger partial charge is 0.244 e. The molecule has 1 aromatic heterocycles. The highest BCUT2D eigenvalue weighted by atomic mass is 32.2. The molecule has 1 heterocycles. The van der Waals surface area contributed by atoms with Gasteiger partial charge in [0.2, 0.25) is 21.7 Å². The van der Waals surface area contributed by atoms with Crippen LogP contribution in [0.4, 0.5) is 4.39 Å². The summed E-state index contributed by atoms with van der Waals surface area (Å²) in [6.45, 7) is 1.72. The molecule has 0 aliphatic heterocycles. The number of hydrogen-bond donors (Lipinski definition) is 1. The number of aryl methyl sites for hydroxylation is 1. The summed E-state index contributed by atoms with van der Waals surface area (Å²) in [7, 11) is -2.72. The number of aromatic nitrogens is 2. The number of ether oxygens (including phenoxy) is 1. The zero-order valence-electron chi connectivity index (χ0n) is 14.1. The van der Waals surface area contributed by atoms with Gasteiger partial charge in [0.1, 0.15) is 16.5 Å². The molecule has 0 saturated carbocycles. The van der Waals surface area contributed by atoms with Crippen molar-refractivity contribution in [1.82, 2.24) is 14.9 Å². The molecule has 3 aromatic rings. The molecule has 7 nitrogen and oxygen atoms in total. The molecule has 136 valence electrons. The van der Waals surface area contributed by atoms with Gasteiger partial charge in [0.05, 0.1) is 13.7 Å². The van der Waals surface area contributed by atoms with E-state index in [-0.39, 0.29) is 23.1 Å². The fourth-order valence-corrected chi connectivity index (χ4v) is 3.39. The summed E-state index contributed by atoms with van der Waals surface area (Å²) in [6, 6.07) is 10.7. The Labute approximate surface area is 149 Å². The number of methoxy groups -OCH3 is 1. The van der Waals surface area contributed by atoms with E-state index in [2.05, 4.69) is 14.9 Å². The first-order valence-electron chi connectivity index (χ1n) is 7.62. The first-order valence-corrected chi connectivity index (χ1v) is 9.10. The van der Waals surface area contributed by atoms with Gasteiger partial charge in [0.15, 0.2) is 0 Å². The van der Waals surface area contributed by atoms with E-state index in [9.17, 15) is 12.8 Å². The molecular weight excluding hydrogens is 361 g/mol. The molecule has 0 fully saturated rings. The largest absolute Gasteiger partial charge is 0.495 e. The van der Waals surface area contributed by atoms with Crippen molar-refractivity contribution >= 4 is 10.0 Å². The molecule has 0 unspecified atom stereocenters. The third-order valence-electron chi connectivity index (χ3n) is 3.61. The molecule has 0 aliphatic carbocycles. The Bertz CT molecular complexity index is 1020. The fraction of sp³-hybridized carbons (Fsp3) is 0.176. The number of benzene rings is 2. The number of sulfonamides is 1. The molecule has 0 amide bonds. The summed E-state index contributed by atoms with van der Waals surface area (Å²) < 4.78 is 50.6. The highest BCUT2D eigenvalue weighted by Crippen LogP contribution is 2.24. The summed E-state index contributed by atoms with van der Waals surface area (Å²) in [6.07, 6.45) is 0. The normalized spacial score (nSPS) is 11.5. The lowest BCUT2D eigenvalue weighted by atomic mass is 10.1. The van der Waals surface area contributed by atoms with E-state index in [0.717, 1.165) is 23.3 Å². The van der Waals surface area contributed by atoms with E-state index >= 15 is 0 Å². The maximum atomic E-state index is 13.4. The van der Waals surface area contributed by atoms with Crippen LogP contribution in [0.1, 0.15) is 11.5 Å². The van der Waals surface area contributed by atoms with Crippen LogP contribution in [-0.2, 0) is 16.6 Å². The number of halogens is 1. The van der Waals surface area contributed by atoms with Crippen molar-refractivity contribution in [3.8, 4) is 17.1 Å². The molecule has 0 aliphatic rings. The van der Waals surface area contributed by atoms with Gasteiger partial charge < -0.3 is 9.26 Å². The van der Waals surface area contributed by atoms with Gasteiger partial charge in [-0.15, -0.1) is 0 Å². The SMILES string of the molecule is COc1ccc(F)cc1S(=O)(=O)NCc1nc(-c2ccc(C)cc2)no1. The second kappa shape index (κ2) is 7.22. The molecule has 3 rings (SSSR count). The Hall–Kier alpha value is -2.78. The Balaban J connectivity index is 1.77. The first kappa shape index (κ1) is 18.0. The van der Waals surface area contributed by atoms with Gasteiger partial charge in [-0.1, -0.05) is 35.0 Å². The van der Waals surface area contributed by atoms with E-state index < -0.39 is 15.8 Å². The van der Waals surface area contributed by atoms with Gasteiger partial charge in [-0.3, -0.25) is 0 Å². The number of hydrogen-bond acceptors (Lipinski definition) is 6. The number of nitrogens with zero attached hydrogens (tertiary/aromatic N) is 2. The Morgan fingerprint density at radius 3 is 2.62 bits per heavy atom. The highest BCUT2D eigenvalue weighted by Gasteiger charge is 2.21.